The number of nitrogen functional groups attached to an aromatic ring is 1. The van der Waals surface area contributed by atoms with Crippen molar-refractivity contribution in [2.24, 2.45) is 5.41 Å². The smallest absolute Gasteiger partial charge is 0.169 e. The maximum absolute atomic E-state index is 14.9. The number of halogens is 2. The zero-order valence-corrected chi connectivity index (χ0v) is 20.5. The van der Waals surface area contributed by atoms with E-state index in [2.05, 4.69) is 11.2 Å². The van der Waals surface area contributed by atoms with E-state index in [0.29, 0.717) is 36.4 Å². The summed E-state index contributed by atoms with van der Waals surface area (Å²) >= 11 is 0.827. The molecule has 0 amide bonds. The molecule has 1 aliphatic rings. The number of aromatic nitrogens is 3. The highest BCUT2D eigenvalue weighted by atomic mass is 32.2. The summed E-state index contributed by atoms with van der Waals surface area (Å²) in [6, 6.07) is 7.32. The largest absolute Gasteiger partial charge is 0.382 e. The van der Waals surface area contributed by atoms with E-state index in [0.717, 1.165) is 30.3 Å². The highest BCUT2D eigenvalue weighted by Crippen LogP contribution is 2.45. The summed E-state index contributed by atoms with van der Waals surface area (Å²) in [4.78, 5) is 6.73. The SMILES string of the molecule is CC[C@]1(c2cc(F)ccc2F)CCCN1c1ccn2nc(N)c(C(=N)SC(=N)C(C)(C)C#N)c2n1. The number of benzene rings is 1. The molecular weight excluding hydrogens is 470 g/mol. The molecule has 4 N–H and O–H groups in total. The number of hydrogen-bond donors (Lipinski definition) is 3. The number of rotatable bonds is 5. The van der Waals surface area contributed by atoms with Gasteiger partial charge in [0.05, 0.1) is 27.6 Å². The minimum absolute atomic E-state index is 0.00558. The lowest BCUT2D eigenvalue weighted by atomic mass is 9.84. The van der Waals surface area contributed by atoms with Crippen LogP contribution in [0.3, 0.4) is 0 Å². The third-order valence-electron chi connectivity index (χ3n) is 6.56. The maximum atomic E-state index is 14.9. The molecule has 0 unspecified atom stereocenters. The minimum Gasteiger partial charge on any atom is -0.382 e. The van der Waals surface area contributed by atoms with Crippen molar-refractivity contribution in [2.75, 3.05) is 17.2 Å². The van der Waals surface area contributed by atoms with E-state index in [-0.39, 0.29) is 21.5 Å². The molecule has 3 aromatic rings. The van der Waals surface area contributed by atoms with Crippen molar-refractivity contribution >= 4 is 39.1 Å². The Hall–Kier alpha value is -3.52. The Labute approximate surface area is 206 Å². The van der Waals surface area contributed by atoms with Crippen LogP contribution in [0.4, 0.5) is 20.4 Å². The summed E-state index contributed by atoms with van der Waals surface area (Å²) in [6.45, 7) is 5.75. The van der Waals surface area contributed by atoms with Crippen molar-refractivity contribution < 1.29 is 8.78 Å². The third kappa shape index (κ3) is 4.12. The normalized spacial score (nSPS) is 18.1. The molecule has 35 heavy (non-hydrogen) atoms. The van der Waals surface area contributed by atoms with Gasteiger partial charge in [0, 0.05) is 18.3 Å². The first kappa shape index (κ1) is 24.6. The lowest BCUT2D eigenvalue weighted by Crippen LogP contribution is -2.42. The van der Waals surface area contributed by atoms with Crippen LogP contribution in [0.25, 0.3) is 5.65 Å². The van der Waals surface area contributed by atoms with Crippen molar-refractivity contribution in [2.45, 2.75) is 45.6 Å². The lowest BCUT2D eigenvalue weighted by molar-refractivity contribution is 0.400. The zero-order chi connectivity index (χ0) is 25.5. The molecule has 0 radical (unpaired) electrons. The number of hydrogen-bond acceptors (Lipinski definition) is 8. The Morgan fingerprint density at radius 3 is 2.74 bits per heavy atom. The summed E-state index contributed by atoms with van der Waals surface area (Å²) in [5.74, 6) is -0.350. The van der Waals surface area contributed by atoms with E-state index in [1.807, 2.05) is 11.8 Å². The first-order chi connectivity index (χ1) is 16.5. The third-order valence-corrected chi connectivity index (χ3v) is 7.68. The molecule has 1 aromatic carbocycles. The molecule has 11 heteroatoms. The molecule has 2 aromatic heterocycles. The monoisotopic (exact) mass is 496 g/mol. The Morgan fingerprint density at radius 2 is 2.06 bits per heavy atom. The fraction of sp³-hybridized carbons (Fsp3) is 0.375. The van der Waals surface area contributed by atoms with E-state index in [9.17, 15) is 14.0 Å². The number of thioether (sulfide) groups is 1. The standard InChI is InChI=1S/C24H26F2N8S/c1-4-24(15-12-14(25)6-7-16(15)26)9-5-10-33(24)17-8-11-34-21(31-17)18(19(28)32-34)20(29)35-22(30)23(2,3)13-27/h6-8,11-12,29-30H,4-5,9-10H2,1-3H3,(H2,28,32)/t24-/m1/s1. The molecule has 4 rings (SSSR count). The summed E-state index contributed by atoms with van der Waals surface area (Å²) in [6.07, 6.45) is 3.62. The summed E-state index contributed by atoms with van der Waals surface area (Å²) < 4.78 is 30.5. The van der Waals surface area contributed by atoms with Crippen molar-refractivity contribution in [3.05, 3.63) is 53.2 Å². The van der Waals surface area contributed by atoms with Crippen molar-refractivity contribution in [3.63, 3.8) is 0 Å². The molecule has 3 heterocycles. The fourth-order valence-electron chi connectivity index (χ4n) is 4.54. The van der Waals surface area contributed by atoms with Crippen molar-refractivity contribution in [1.29, 1.82) is 16.1 Å². The average Bonchev–Trinajstić information content (AvgIpc) is 3.40. The molecule has 1 saturated heterocycles. The first-order valence-corrected chi connectivity index (χ1v) is 12.0. The molecule has 8 nitrogen and oxygen atoms in total. The topological polar surface area (TPSA) is 131 Å². The van der Waals surface area contributed by atoms with Gasteiger partial charge in [-0.25, -0.2) is 18.3 Å². The second kappa shape index (κ2) is 8.92. The Morgan fingerprint density at radius 1 is 1.31 bits per heavy atom. The quantitative estimate of drug-likeness (QED) is 0.333. The molecule has 182 valence electrons. The van der Waals surface area contributed by atoms with Crippen LogP contribution < -0.4 is 10.6 Å². The van der Waals surface area contributed by atoms with Crippen LogP contribution >= 0.6 is 11.8 Å². The summed E-state index contributed by atoms with van der Waals surface area (Å²) in [5.41, 5.74) is 5.15. The second-order valence-electron chi connectivity index (χ2n) is 9.08. The molecule has 0 spiro atoms. The van der Waals surface area contributed by atoms with Crippen LogP contribution in [-0.2, 0) is 5.54 Å². The van der Waals surface area contributed by atoms with Crippen LogP contribution in [-0.4, -0.2) is 31.2 Å². The van der Waals surface area contributed by atoms with Gasteiger partial charge >= 0.3 is 0 Å². The van der Waals surface area contributed by atoms with Gasteiger partial charge < -0.3 is 10.6 Å². The summed E-state index contributed by atoms with van der Waals surface area (Å²) in [5, 5.41) is 30.3. The van der Waals surface area contributed by atoms with Gasteiger partial charge in [-0.3, -0.25) is 10.8 Å². The Balaban J connectivity index is 1.78. The molecular formula is C24H26F2N8S. The van der Waals surface area contributed by atoms with E-state index >= 15 is 0 Å². The van der Waals surface area contributed by atoms with Gasteiger partial charge in [0.15, 0.2) is 11.5 Å². The van der Waals surface area contributed by atoms with Gasteiger partial charge in [0.2, 0.25) is 0 Å². The van der Waals surface area contributed by atoms with Crippen LogP contribution in [0.5, 0.6) is 0 Å². The molecule has 0 saturated carbocycles. The number of nitriles is 1. The van der Waals surface area contributed by atoms with E-state index in [4.69, 9.17) is 21.5 Å². The Bertz CT molecular complexity index is 1380. The molecule has 0 bridgehead atoms. The molecule has 1 aliphatic heterocycles. The van der Waals surface area contributed by atoms with Gasteiger partial charge in [-0.1, -0.05) is 18.7 Å². The number of anilines is 2. The van der Waals surface area contributed by atoms with Crippen LogP contribution in [0.15, 0.2) is 30.5 Å². The highest BCUT2D eigenvalue weighted by molar-refractivity contribution is 8.27. The van der Waals surface area contributed by atoms with Gasteiger partial charge in [-0.05, 0) is 57.4 Å². The molecule has 1 fully saturated rings. The predicted octanol–water partition coefficient (Wildman–Crippen LogP) is 5.08. The van der Waals surface area contributed by atoms with Gasteiger partial charge in [-0.15, -0.1) is 5.10 Å². The maximum Gasteiger partial charge on any atom is 0.169 e. The van der Waals surface area contributed by atoms with Crippen molar-refractivity contribution in [3.8, 4) is 6.07 Å². The van der Waals surface area contributed by atoms with Crippen LogP contribution in [0.1, 0.15) is 51.2 Å². The number of fused-ring (bicyclic) bond motifs is 1. The van der Waals surface area contributed by atoms with E-state index in [1.54, 1.807) is 26.1 Å². The van der Waals surface area contributed by atoms with Gasteiger partial charge in [0.25, 0.3) is 0 Å². The van der Waals surface area contributed by atoms with Gasteiger partial charge in [-0.2, -0.15) is 5.26 Å². The van der Waals surface area contributed by atoms with Gasteiger partial charge in [0.1, 0.15) is 22.5 Å². The van der Waals surface area contributed by atoms with Crippen LogP contribution in [0, 0.1) is 39.2 Å². The number of nitrogens with zero attached hydrogens (tertiary/aromatic N) is 5. The highest BCUT2D eigenvalue weighted by Gasteiger charge is 2.44. The van der Waals surface area contributed by atoms with Crippen molar-refractivity contribution in [1.82, 2.24) is 14.6 Å². The molecule has 0 aliphatic carbocycles. The number of nitrogens with one attached hydrogen (secondary N) is 2. The Kier molecular flexibility index (Phi) is 6.27. The predicted molar refractivity (Wildman–Crippen MR) is 134 cm³/mol. The summed E-state index contributed by atoms with van der Waals surface area (Å²) in [7, 11) is 0. The van der Waals surface area contributed by atoms with E-state index in [1.165, 1.54) is 10.6 Å². The van der Waals surface area contributed by atoms with Crippen LogP contribution in [0.2, 0.25) is 0 Å². The number of nitrogens with two attached hydrogens (primary N) is 1. The average molecular weight is 497 g/mol. The van der Waals surface area contributed by atoms with E-state index < -0.39 is 22.6 Å². The first-order valence-electron chi connectivity index (χ1n) is 11.2. The molecule has 1 atom stereocenters. The zero-order valence-electron chi connectivity index (χ0n) is 19.7. The second-order valence-corrected chi connectivity index (χ2v) is 10.1. The minimum atomic E-state index is -1.06. The lowest BCUT2D eigenvalue weighted by Gasteiger charge is -2.39. The fourth-order valence-corrected chi connectivity index (χ4v) is 5.34.